The van der Waals surface area contributed by atoms with Crippen LogP contribution in [0.3, 0.4) is 0 Å². The fraction of sp³-hybridized carbons (Fsp3) is 0.652. The van der Waals surface area contributed by atoms with Gasteiger partial charge in [0.1, 0.15) is 0 Å². The van der Waals surface area contributed by atoms with Gasteiger partial charge in [0.25, 0.3) is 0 Å². The zero-order chi connectivity index (χ0) is 22.1. The highest BCUT2D eigenvalue weighted by Gasteiger charge is 2.29. The number of urea groups is 1. The van der Waals surface area contributed by atoms with Gasteiger partial charge in [-0.25, -0.2) is 4.79 Å². The second-order valence-electron chi connectivity index (χ2n) is 9.11. The number of benzene rings is 1. The van der Waals surface area contributed by atoms with Crippen molar-refractivity contribution in [2.24, 2.45) is 11.3 Å². The lowest BCUT2D eigenvalue weighted by molar-refractivity contribution is -0.126. The molecule has 168 valence electrons. The second-order valence-corrected chi connectivity index (χ2v) is 9.11. The first kappa shape index (κ1) is 24.2. The molecular weight excluding hydrogens is 380 g/mol. The average Bonchev–Trinajstić information content (AvgIpc) is 2.70. The largest absolute Gasteiger partial charge is 0.377 e. The van der Waals surface area contributed by atoms with Gasteiger partial charge in [-0.05, 0) is 45.3 Å². The molecule has 3 amide bonds. The zero-order valence-electron chi connectivity index (χ0n) is 19.2. The van der Waals surface area contributed by atoms with E-state index in [-0.39, 0.29) is 23.3 Å². The van der Waals surface area contributed by atoms with Crippen LogP contribution in [0.15, 0.2) is 24.3 Å². The maximum atomic E-state index is 12.7. The molecule has 0 spiro atoms. The number of nitrogens with zero attached hydrogens (tertiary/aromatic N) is 2. The molecule has 7 heteroatoms. The lowest BCUT2D eigenvalue weighted by Gasteiger charge is -2.33. The quantitative estimate of drug-likeness (QED) is 0.646. The summed E-state index contributed by atoms with van der Waals surface area (Å²) in [5.41, 5.74) is 1.76. The number of carbonyl (C=O) groups excluding carboxylic acids is 2. The van der Waals surface area contributed by atoms with Gasteiger partial charge < -0.3 is 25.2 Å². The Bertz CT molecular complexity index is 697. The summed E-state index contributed by atoms with van der Waals surface area (Å²) in [4.78, 5) is 29.2. The Morgan fingerprint density at radius 3 is 2.50 bits per heavy atom. The van der Waals surface area contributed by atoms with E-state index >= 15 is 0 Å². The molecule has 0 saturated carbocycles. The number of piperidine rings is 1. The molecule has 30 heavy (non-hydrogen) atoms. The van der Waals surface area contributed by atoms with Gasteiger partial charge >= 0.3 is 6.03 Å². The van der Waals surface area contributed by atoms with E-state index in [4.69, 9.17) is 4.74 Å². The lowest BCUT2D eigenvalue weighted by atomic mass is 9.91. The Balaban J connectivity index is 1.81. The van der Waals surface area contributed by atoms with E-state index < -0.39 is 0 Å². The monoisotopic (exact) mass is 418 g/mol. The summed E-state index contributed by atoms with van der Waals surface area (Å²) in [7, 11) is 4.08. The number of carbonyl (C=O) groups is 2. The van der Waals surface area contributed by atoms with Crippen molar-refractivity contribution >= 4 is 17.6 Å². The number of anilines is 1. The molecule has 0 aromatic heterocycles. The van der Waals surface area contributed by atoms with Crippen LogP contribution in [0, 0.1) is 11.3 Å². The molecule has 2 rings (SSSR count). The fourth-order valence-electron chi connectivity index (χ4n) is 3.90. The van der Waals surface area contributed by atoms with Gasteiger partial charge in [0.15, 0.2) is 0 Å². The average molecular weight is 419 g/mol. The van der Waals surface area contributed by atoms with E-state index in [2.05, 4.69) is 29.4 Å². The molecule has 1 aromatic rings. The molecule has 1 heterocycles. The van der Waals surface area contributed by atoms with Gasteiger partial charge in [-0.1, -0.05) is 32.0 Å². The van der Waals surface area contributed by atoms with Crippen LogP contribution in [0.1, 0.15) is 39.2 Å². The molecular formula is C23H38N4O3. The standard InChI is InChI=1S/C23H38N4O3/c1-6-30-15-19-9-7-8-10-20(19)25-22(29)27-13-11-18(12-14-27)21(28)24-16-23(2,3)17-26(4)5/h7-10,18H,6,11-17H2,1-5H3,(H,24,28)(H,25,29). The summed E-state index contributed by atoms with van der Waals surface area (Å²) in [6.45, 7) is 10.1. The molecule has 1 saturated heterocycles. The minimum Gasteiger partial charge on any atom is -0.377 e. The van der Waals surface area contributed by atoms with Gasteiger partial charge in [0.2, 0.25) is 5.91 Å². The predicted octanol–water partition coefficient (Wildman–Crippen LogP) is 3.17. The third kappa shape index (κ3) is 7.61. The van der Waals surface area contributed by atoms with Crippen molar-refractivity contribution in [3.63, 3.8) is 0 Å². The van der Waals surface area contributed by atoms with Crippen LogP contribution in [0.5, 0.6) is 0 Å². The van der Waals surface area contributed by atoms with E-state index in [0.717, 1.165) is 17.8 Å². The Labute approximate surface area is 181 Å². The van der Waals surface area contributed by atoms with Crippen LogP contribution >= 0.6 is 0 Å². The van der Waals surface area contributed by atoms with Crippen molar-refractivity contribution in [1.82, 2.24) is 15.1 Å². The Hall–Kier alpha value is -2.12. The highest BCUT2D eigenvalue weighted by atomic mass is 16.5. The molecule has 7 nitrogen and oxygen atoms in total. The van der Waals surface area contributed by atoms with Crippen LogP contribution < -0.4 is 10.6 Å². The van der Waals surface area contributed by atoms with Crippen molar-refractivity contribution in [2.75, 3.05) is 52.2 Å². The first-order chi connectivity index (χ1) is 14.2. The maximum Gasteiger partial charge on any atom is 0.321 e. The van der Waals surface area contributed by atoms with Crippen molar-refractivity contribution in [3.8, 4) is 0 Å². The first-order valence-corrected chi connectivity index (χ1v) is 10.9. The number of ether oxygens (including phenoxy) is 1. The van der Waals surface area contributed by atoms with Gasteiger partial charge in [-0.15, -0.1) is 0 Å². The SMILES string of the molecule is CCOCc1ccccc1NC(=O)N1CCC(C(=O)NCC(C)(C)CN(C)C)CC1. The molecule has 0 atom stereocenters. The highest BCUT2D eigenvalue weighted by Crippen LogP contribution is 2.21. The van der Waals surface area contributed by atoms with Gasteiger partial charge in [-0.3, -0.25) is 4.79 Å². The van der Waals surface area contributed by atoms with Crippen molar-refractivity contribution in [3.05, 3.63) is 29.8 Å². The first-order valence-electron chi connectivity index (χ1n) is 10.9. The Morgan fingerprint density at radius 1 is 1.20 bits per heavy atom. The highest BCUT2D eigenvalue weighted by molar-refractivity contribution is 5.90. The van der Waals surface area contributed by atoms with Crippen LogP contribution in [0.4, 0.5) is 10.5 Å². The van der Waals surface area contributed by atoms with Crippen LogP contribution in [0.2, 0.25) is 0 Å². The van der Waals surface area contributed by atoms with E-state index in [1.165, 1.54) is 0 Å². The maximum absolute atomic E-state index is 12.7. The minimum absolute atomic E-state index is 0.0224. The third-order valence-corrected chi connectivity index (χ3v) is 5.36. The van der Waals surface area contributed by atoms with Crippen molar-refractivity contribution in [2.45, 2.75) is 40.2 Å². The fourth-order valence-corrected chi connectivity index (χ4v) is 3.90. The molecule has 2 N–H and O–H groups in total. The molecule has 0 aliphatic carbocycles. The third-order valence-electron chi connectivity index (χ3n) is 5.36. The number of nitrogens with one attached hydrogen (secondary N) is 2. The summed E-state index contributed by atoms with van der Waals surface area (Å²) in [6, 6.07) is 7.57. The van der Waals surface area contributed by atoms with Crippen molar-refractivity contribution < 1.29 is 14.3 Å². The Kier molecular flexibility index (Phi) is 9.11. The van der Waals surface area contributed by atoms with Crippen LogP contribution in [-0.4, -0.2) is 68.6 Å². The molecule has 0 radical (unpaired) electrons. The molecule has 1 aliphatic heterocycles. The smallest absolute Gasteiger partial charge is 0.321 e. The van der Waals surface area contributed by atoms with E-state index in [9.17, 15) is 9.59 Å². The summed E-state index contributed by atoms with van der Waals surface area (Å²) in [5, 5.41) is 6.11. The summed E-state index contributed by atoms with van der Waals surface area (Å²) < 4.78 is 5.48. The van der Waals surface area contributed by atoms with Gasteiger partial charge in [0.05, 0.1) is 6.61 Å². The number of rotatable bonds is 9. The van der Waals surface area contributed by atoms with Crippen LogP contribution in [0.25, 0.3) is 0 Å². The molecule has 1 aromatic carbocycles. The summed E-state index contributed by atoms with van der Waals surface area (Å²) in [5.74, 6) is 0.0680. The predicted molar refractivity (Wildman–Crippen MR) is 120 cm³/mol. The Morgan fingerprint density at radius 2 is 1.87 bits per heavy atom. The zero-order valence-corrected chi connectivity index (χ0v) is 19.2. The number of hydrogen-bond acceptors (Lipinski definition) is 4. The second kappa shape index (κ2) is 11.3. The van der Waals surface area contributed by atoms with Crippen LogP contribution in [-0.2, 0) is 16.1 Å². The minimum atomic E-state index is -0.120. The summed E-state index contributed by atoms with van der Waals surface area (Å²) in [6.07, 6.45) is 1.38. The normalized spacial score (nSPS) is 15.3. The number of para-hydroxylation sites is 1. The molecule has 0 unspecified atom stereocenters. The van der Waals surface area contributed by atoms with Gasteiger partial charge in [-0.2, -0.15) is 0 Å². The van der Waals surface area contributed by atoms with Crippen molar-refractivity contribution in [1.29, 1.82) is 0 Å². The molecule has 1 fully saturated rings. The number of amides is 3. The summed E-state index contributed by atoms with van der Waals surface area (Å²) >= 11 is 0. The number of likely N-dealkylation sites (tertiary alicyclic amines) is 1. The lowest BCUT2D eigenvalue weighted by Crippen LogP contribution is -2.46. The topological polar surface area (TPSA) is 73.9 Å². The molecule has 1 aliphatic rings. The number of hydrogen-bond donors (Lipinski definition) is 2. The van der Waals surface area contributed by atoms with E-state index in [1.807, 2.05) is 45.3 Å². The van der Waals surface area contributed by atoms with Gasteiger partial charge in [0, 0.05) is 50.0 Å². The van der Waals surface area contributed by atoms with E-state index in [0.29, 0.717) is 45.7 Å². The van der Waals surface area contributed by atoms with E-state index in [1.54, 1.807) is 4.90 Å². The molecule has 0 bridgehead atoms.